The van der Waals surface area contributed by atoms with E-state index in [0.29, 0.717) is 0 Å². The van der Waals surface area contributed by atoms with Gasteiger partial charge in [0, 0.05) is 0 Å². The number of hydrazine groups is 1. The second-order valence-corrected chi connectivity index (χ2v) is 0.867. The van der Waals surface area contributed by atoms with E-state index in [4.69, 9.17) is 0 Å². The van der Waals surface area contributed by atoms with Crippen molar-refractivity contribution in [1.82, 2.24) is 10.9 Å². The summed E-state index contributed by atoms with van der Waals surface area (Å²) in [4.78, 5) is 18.7. The van der Waals surface area contributed by atoms with Crippen LogP contribution >= 0.6 is 0 Å². The van der Waals surface area contributed by atoms with Gasteiger partial charge in [-0.05, 0) is 4.97 Å². The van der Waals surface area contributed by atoms with E-state index >= 15 is 0 Å². The molecule has 0 radical (unpaired) electrons. The minimum Gasteiger partial charge on any atom is -0.672 e. The lowest BCUT2D eigenvalue weighted by Crippen LogP contribution is -2.23. The van der Waals surface area contributed by atoms with E-state index in [9.17, 15) is 14.8 Å². The molecule has 0 bridgehead atoms. The smallest absolute Gasteiger partial charge is 0.315 e. The van der Waals surface area contributed by atoms with Crippen LogP contribution in [0.3, 0.4) is 0 Å². The SMILES string of the molecule is O=CNN=[N+]([O-])NC=O. The Morgan fingerprint density at radius 2 is 2.11 bits per heavy atom. The van der Waals surface area contributed by atoms with Crippen LogP contribution in [-0.2, 0) is 9.59 Å². The van der Waals surface area contributed by atoms with Gasteiger partial charge >= 0.3 is 6.41 Å². The van der Waals surface area contributed by atoms with E-state index in [1.807, 2.05) is 0 Å². The van der Waals surface area contributed by atoms with Crippen molar-refractivity contribution in [2.75, 3.05) is 0 Å². The largest absolute Gasteiger partial charge is 0.672 e. The molecule has 0 unspecified atom stereocenters. The van der Waals surface area contributed by atoms with Crippen molar-refractivity contribution in [3.8, 4) is 0 Å². The van der Waals surface area contributed by atoms with Gasteiger partial charge in [-0.25, -0.2) is 4.79 Å². The first-order valence-electron chi connectivity index (χ1n) is 1.88. The van der Waals surface area contributed by atoms with E-state index in [0.717, 1.165) is 0 Å². The maximum atomic E-state index is 9.99. The predicted octanol–water partition coefficient (Wildman–Crippen LogP) is -1.73. The third-order valence-electron chi connectivity index (χ3n) is 0.364. The van der Waals surface area contributed by atoms with Crippen molar-refractivity contribution in [3.63, 3.8) is 0 Å². The van der Waals surface area contributed by atoms with Gasteiger partial charge in [0.15, 0.2) is 0 Å². The second-order valence-electron chi connectivity index (χ2n) is 0.867. The summed E-state index contributed by atoms with van der Waals surface area (Å²) in [5.74, 6) is 0. The molecular weight excluding hydrogens is 128 g/mol. The molecule has 2 amide bonds. The van der Waals surface area contributed by atoms with Crippen molar-refractivity contribution >= 4 is 12.8 Å². The Bertz CT molecular complexity index is 132. The molecule has 0 aliphatic heterocycles. The highest BCUT2D eigenvalue weighted by Crippen LogP contribution is 1.57. The minimum absolute atomic E-state index is 0.128. The van der Waals surface area contributed by atoms with Gasteiger partial charge < -0.3 is 5.21 Å². The molecular formula is C2H4N4O3. The van der Waals surface area contributed by atoms with Gasteiger partial charge in [0.05, 0.1) is 0 Å². The summed E-state index contributed by atoms with van der Waals surface area (Å²) in [5.41, 5.74) is 3.26. The summed E-state index contributed by atoms with van der Waals surface area (Å²) in [7, 11) is 0. The first kappa shape index (κ1) is 7.34. The topological polar surface area (TPSA) is 96.6 Å². The van der Waals surface area contributed by atoms with Gasteiger partial charge in [-0.2, -0.15) is 5.43 Å². The molecule has 0 aromatic rings. The van der Waals surface area contributed by atoms with Crippen LogP contribution in [0, 0.1) is 5.21 Å². The molecule has 0 aliphatic rings. The molecule has 0 rings (SSSR count). The van der Waals surface area contributed by atoms with E-state index in [-0.39, 0.29) is 17.8 Å². The average Bonchev–Trinajstić information content (AvgIpc) is 1.85. The summed E-state index contributed by atoms with van der Waals surface area (Å²) >= 11 is 0. The van der Waals surface area contributed by atoms with Crippen molar-refractivity contribution in [3.05, 3.63) is 5.21 Å². The molecule has 0 aromatic heterocycles. The fourth-order valence-electron chi connectivity index (χ4n) is 0.150. The summed E-state index contributed by atoms with van der Waals surface area (Å²) in [6.07, 6.45) is 0.320. The molecule has 0 aromatic carbocycles. The van der Waals surface area contributed by atoms with E-state index in [1.165, 1.54) is 0 Å². The third kappa shape index (κ3) is 4.19. The molecule has 0 fully saturated rings. The number of carbonyl (C=O) groups excluding carboxylic acids is 2. The van der Waals surface area contributed by atoms with Gasteiger partial charge in [-0.1, -0.05) is 0 Å². The van der Waals surface area contributed by atoms with Gasteiger partial charge in [0.25, 0.3) is 0 Å². The Morgan fingerprint density at radius 3 is 2.56 bits per heavy atom. The Balaban J connectivity index is 3.53. The van der Waals surface area contributed by atoms with Gasteiger partial charge in [-0.3, -0.25) is 4.79 Å². The lowest BCUT2D eigenvalue weighted by molar-refractivity contribution is -0.578. The minimum atomic E-state index is -0.193. The number of nitrogens with zero attached hydrogens (tertiary/aromatic N) is 2. The highest BCUT2D eigenvalue weighted by atomic mass is 16.5. The molecule has 0 heterocycles. The highest BCUT2D eigenvalue weighted by Gasteiger charge is 1.81. The molecule has 0 spiro atoms. The van der Waals surface area contributed by atoms with Gasteiger partial charge in [0.1, 0.15) is 5.22 Å². The van der Waals surface area contributed by atoms with Gasteiger partial charge in [0.2, 0.25) is 6.41 Å². The van der Waals surface area contributed by atoms with Crippen molar-refractivity contribution in [2.24, 2.45) is 5.22 Å². The lowest BCUT2D eigenvalue weighted by atomic mass is 11.4. The van der Waals surface area contributed by atoms with Crippen LogP contribution < -0.4 is 10.9 Å². The Morgan fingerprint density at radius 1 is 1.44 bits per heavy atom. The number of hydrogen-bond acceptors (Lipinski definition) is 4. The summed E-state index contributed by atoms with van der Waals surface area (Å²) < 4.78 is 0. The first-order chi connectivity index (χ1) is 4.31. The molecule has 2 N–H and O–H groups in total. The fourth-order valence-corrected chi connectivity index (χ4v) is 0.150. The first-order valence-corrected chi connectivity index (χ1v) is 1.88. The van der Waals surface area contributed by atoms with E-state index < -0.39 is 0 Å². The normalized spacial score (nSPS) is 10.0. The molecule has 0 saturated carbocycles. The number of rotatable bonds is 4. The van der Waals surface area contributed by atoms with Crippen molar-refractivity contribution < 1.29 is 14.6 Å². The quantitative estimate of drug-likeness (QED) is 0.206. The summed E-state index contributed by atoms with van der Waals surface area (Å²) in [6, 6.07) is 0. The maximum Gasteiger partial charge on any atom is 0.315 e. The Labute approximate surface area is 49.9 Å². The average molecular weight is 132 g/mol. The summed E-state index contributed by atoms with van der Waals surface area (Å²) in [5, 5.41) is 12.7. The van der Waals surface area contributed by atoms with Crippen LogP contribution in [0.5, 0.6) is 0 Å². The van der Waals surface area contributed by atoms with Crippen LogP contribution in [0.1, 0.15) is 0 Å². The Hall–Kier alpha value is -1.66. The van der Waals surface area contributed by atoms with Crippen molar-refractivity contribution in [2.45, 2.75) is 0 Å². The van der Waals surface area contributed by atoms with Crippen LogP contribution in [0.15, 0.2) is 5.22 Å². The van der Waals surface area contributed by atoms with E-state index in [1.54, 1.807) is 10.9 Å². The fraction of sp³-hybridized carbons (Fsp3) is 0. The highest BCUT2D eigenvalue weighted by molar-refractivity contribution is 5.44. The number of carbonyl (C=O) groups is 2. The van der Waals surface area contributed by atoms with Crippen LogP contribution in [-0.4, -0.2) is 17.8 Å². The molecule has 50 valence electrons. The van der Waals surface area contributed by atoms with E-state index in [2.05, 4.69) is 5.22 Å². The second kappa shape index (κ2) is 4.50. The zero-order valence-electron chi connectivity index (χ0n) is 4.27. The predicted molar refractivity (Wildman–Crippen MR) is 24.5 cm³/mol. The molecule has 0 atom stereocenters. The molecule has 0 saturated heterocycles. The monoisotopic (exact) mass is 132 g/mol. The molecule has 7 heteroatoms. The molecule has 0 aliphatic carbocycles. The molecule has 9 heavy (non-hydrogen) atoms. The van der Waals surface area contributed by atoms with Crippen LogP contribution in [0.2, 0.25) is 0 Å². The number of hydrogen-bond donors (Lipinski definition) is 2. The third-order valence-corrected chi connectivity index (χ3v) is 0.364. The lowest BCUT2D eigenvalue weighted by Gasteiger charge is -1.97. The zero-order chi connectivity index (χ0) is 7.11. The zero-order valence-corrected chi connectivity index (χ0v) is 4.27. The van der Waals surface area contributed by atoms with Crippen LogP contribution in [0.4, 0.5) is 0 Å². The van der Waals surface area contributed by atoms with Crippen molar-refractivity contribution in [1.29, 1.82) is 0 Å². The molecule has 7 nitrogen and oxygen atoms in total. The number of nitrogens with one attached hydrogen (secondary N) is 2. The van der Waals surface area contributed by atoms with Gasteiger partial charge in [-0.15, -0.1) is 5.43 Å². The standard InChI is InChI=1S/C2H4N4O3/c7-1-3-5-6(9)4-2-8/h1-2H,(H,3,7)(H,4,5,8). The number of amides is 2. The Kier molecular flexibility index (Phi) is 3.67. The van der Waals surface area contributed by atoms with Crippen LogP contribution in [0.25, 0.3) is 0 Å². The summed E-state index contributed by atoms with van der Waals surface area (Å²) in [6.45, 7) is 0. The maximum absolute atomic E-state index is 9.99.